The zero-order chi connectivity index (χ0) is 29.4. The summed E-state index contributed by atoms with van der Waals surface area (Å²) < 4.78 is 0. The molecule has 230 valence electrons. The molecule has 2 aliphatic rings. The van der Waals surface area contributed by atoms with Gasteiger partial charge in [0, 0.05) is 18.8 Å². The van der Waals surface area contributed by atoms with Gasteiger partial charge in [-0.05, 0) is 38.0 Å². The Morgan fingerprint density at radius 1 is 0.658 bits per heavy atom. The maximum absolute atomic E-state index is 11.5. The van der Waals surface area contributed by atoms with Gasteiger partial charge in [-0.2, -0.15) is 0 Å². The maximum Gasteiger partial charge on any atom is 0.135 e. The highest BCUT2D eigenvalue weighted by Gasteiger charge is 2.12. The van der Waals surface area contributed by atoms with E-state index in [4.69, 9.17) is 0 Å². The van der Waals surface area contributed by atoms with Crippen molar-refractivity contribution in [2.24, 2.45) is 17.8 Å². The van der Waals surface area contributed by atoms with Gasteiger partial charge in [0.05, 0.1) is 0 Å². The molecule has 0 amide bonds. The molecule has 2 nitrogen and oxygen atoms in total. The van der Waals surface area contributed by atoms with E-state index in [-0.39, 0.29) is 5.92 Å². The molecule has 2 rings (SSSR count). The summed E-state index contributed by atoms with van der Waals surface area (Å²) in [5.74, 6) is 3.10. The first-order valence-corrected chi connectivity index (χ1v) is 17.4. The van der Waals surface area contributed by atoms with Crippen LogP contribution in [0.25, 0.3) is 0 Å². The van der Waals surface area contributed by atoms with Gasteiger partial charge in [-0.1, -0.05) is 165 Å². The summed E-state index contributed by atoms with van der Waals surface area (Å²) in [6.45, 7) is 18.4. The van der Waals surface area contributed by atoms with Crippen molar-refractivity contribution in [2.75, 3.05) is 0 Å². The quantitative estimate of drug-likeness (QED) is 0.206. The van der Waals surface area contributed by atoms with Gasteiger partial charge in [-0.25, -0.2) is 0 Å². The lowest BCUT2D eigenvalue weighted by atomic mass is 9.86. The molecule has 0 radical (unpaired) electrons. The van der Waals surface area contributed by atoms with Gasteiger partial charge in [0.25, 0.3) is 0 Å². The minimum Gasteiger partial charge on any atom is -0.300 e. The lowest BCUT2D eigenvalue weighted by Gasteiger charge is -2.20. The molecule has 0 spiro atoms. The van der Waals surface area contributed by atoms with Crippen molar-refractivity contribution >= 4 is 11.6 Å². The summed E-state index contributed by atoms with van der Waals surface area (Å²) >= 11 is 0. The zero-order valence-electron chi connectivity index (χ0n) is 28.1. The minimum absolute atomic E-state index is 0.241. The Labute approximate surface area is 242 Å². The van der Waals surface area contributed by atoms with Crippen LogP contribution in [-0.2, 0) is 9.59 Å². The normalized spacial score (nSPS) is 16.1. The smallest absolute Gasteiger partial charge is 0.135 e. The van der Waals surface area contributed by atoms with Gasteiger partial charge in [0.1, 0.15) is 11.6 Å². The third kappa shape index (κ3) is 31.6. The Morgan fingerprint density at radius 3 is 1.50 bits per heavy atom. The highest BCUT2D eigenvalue weighted by atomic mass is 16.1. The van der Waals surface area contributed by atoms with Crippen molar-refractivity contribution in [1.29, 1.82) is 0 Å². The summed E-state index contributed by atoms with van der Waals surface area (Å²) in [7, 11) is 0. The molecule has 0 aromatic carbocycles. The average Bonchev–Trinajstić information content (AvgIpc) is 2.96. The van der Waals surface area contributed by atoms with E-state index in [9.17, 15) is 9.59 Å². The molecule has 0 N–H and O–H groups in total. The molecule has 0 aliphatic heterocycles. The van der Waals surface area contributed by atoms with Crippen LogP contribution in [0, 0.1) is 17.8 Å². The first-order chi connectivity index (χ1) is 18.4. The SMILES string of the molecule is CC.CC.CC1CCCCC1.CCC(C)C(=O)CCCCCCCCC(C)=O.CCCCC1CCCCC1. The maximum atomic E-state index is 11.5. The van der Waals surface area contributed by atoms with Crippen LogP contribution in [-0.4, -0.2) is 11.6 Å². The molecular formula is C36H74O2. The number of hydrogen-bond acceptors (Lipinski definition) is 2. The summed E-state index contributed by atoms with van der Waals surface area (Å²) in [6, 6.07) is 0. The fourth-order valence-corrected chi connectivity index (χ4v) is 5.13. The van der Waals surface area contributed by atoms with E-state index in [0.29, 0.717) is 11.6 Å². The van der Waals surface area contributed by atoms with Gasteiger partial charge >= 0.3 is 0 Å². The van der Waals surface area contributed by atoms with Crippen molar-refractivity contribution in [3.63, 3.8) is 0 Å². The average molecular weight is 539 g/mol. The first kappa shape index (κ1) is 41.8. The Hall–Kier alpha value is -0.660. The predicted octanol–water partition coefficient (Wildman–Crippen LogP) is 12.7. The van der Waals surface area contributed by atoms with E-state index in [1.54, 1.807) is 6.92 Å². The summed E-state index contributed by atoms with van der Waals surface area (Å²) in [6.07, 6.45) is 28.6. The van der Waals surface area contributed by atoms with Crippen LogP contribution >= 0.6 is 0 Å². The van der Waals surface area contributed by atoms with Crippen LogP contribution in [0.15, 0.2) is 0 Å². The number of rotatable bonds is 14. The second kappa shape index (κ2) is 34.4. The number of carbonyl (C=O) groups is 2. The summed E-state index contributed by atoms with van der Waals surface area (Å²) in [5, 5.41) is 0. The second-order valence-corrected chi connectivity index (χ2v) is 11.5. The van der Waals surface area contributed by atoms with Gasteiger partial charge < -0.3 is 4.79 Å². The highest BCUT2D eigenvalue weighted by Crippen LogP contribution is 2.27. The van der Waals surface area contributed by atoms with Crippen LogP contribution in [0.5, 0.6) is 0 Å². The Balaban J connectivity index is -0.000000490. The number of unbranched alkanes of at least 4 members (excludes halogenated alkanes) is 6. The van der Waals surface area contributed by atoms with E-state index in [2.05, 4.69) is 20.8 Å². The zero-order valence-corrected chi connectivity index (χ0v) is 28.1. The van der Waals surface area contributed by atoms with E-state index in [0.717, 1.165) is 56.8 Å². The summed E-state index contributed by atoms with van der Waals surface area (Å²) in [5.41, 5.74) is 0. The number of ketones is 2. The molecule has 1 unspecified atom stereocenters. The lowest BCUT2D eigenvalue weighted by Crippen LogP contribution is -2.09. The molecule has 2 aliphatic carbocycles. The molecule has 0 heterocycles. The topological polar surface area (TPSA) is 34.1 Å². The van der Waals surface area contributed by atoms with E-state index < -0.39 is 0 Å². The molecule has 38 heavy (non-hydrogen) atoms. The monoisotopic (exact) mass is 539 g/mol. The predicted molar refractivity (Wildman–Crippen MR) is 173 cm³/mol. The molecule has 0 saturated heterocycles. The molecule has 1 atom stereocenters. The third-order valence-corrected chi connectivity index (χ3v) is 7.95. The van der Waals surface area contributed by atoms with Crippen LogP contribution in [0.4, 0.5) is 0 Å². The van der Waals surface area contributed by atoms with Gasteiger partial charge in [-0.15, -0.1) is 0 Å². The van der Waals surface area contributed by atoms with Crippen molar-refractivity contribution in [1.82, 2.24) is 0 Å². The highest BCUT2D eigenvalue weighted by molar-refractivity contribution is 5.80. The summed E-state index contributed by atoms with van der Waals surface area (Å²) in [4.78, 5) is 22.3. The largest absolute Gasteiger partial charge is 0.300 e. The van der Waals surface area contributed by atoms with Crippen molar-refractivity contribution < 1.29 is 9.59 Å². The fraction of sp³-hybridized carbons (Fsp3) is 0.944. The fourth-order valence-electron chi connectivity index (χ4n) is 5.13. The lowest BCUT2D eigenvalue weighted by molar-refractivity contribution is -0.122. The molecule has 0 bridgehead atoms. The Morgan fingerprint density at radius 2 is 1.11 bits per heavy atom. The number of carbonyl (C=O) groups excluding carboxylic acids is 2. The Bertz CT molecular complexity index is 458. The van der Waals surface area contributed by atoms with Crippen LogP contribution in [0.2, 0.25) is 0 Å². The molecule has 2 fully saturated rings. The molecular weight excluding hydrogens is 464 g/mol. The van der Waals surface area contributed by atoms with Crippen LogP contribution < -0.4 is 0 Å². The number of Topliss-reactive ketones (excluding diaryl/α,β-unsaturated/α-hetero) is 2. The minimum atomic E-state index is 0.241. The van der Waals surface area contributed by atoms with E-state index in [1.807, 2.05) is 34.6 Å². The third-order valence-electron chi connectivity index (χ3n) is 7.95. The molecule has 0 aromatic rings. The van der Waals surface area contributed by atoms with E-state index >= 15 is 0 Å². The molecule has 2 saturated carbocycles. The van der Waals surface area contributed by atoms with Crippen LogP contribution in [0.1, 0.15) is 204 Å². The number of hydrogen-bond donors (Lipinski definition) is 0. The van der Waals surface area contributed by atoms with Crippen molar-refractivity contribution in [2.45, 2.75) is 204 Å². The molecule has 2 heteroatoms. The van der Waals surface area contributed by atoms with Crippen molar-refractivity contribution in [3.05, 3.63) is 0 Å². The second-order valence-electron chi connectivity index (χ2n) is 11.5. The Kier molecular flexibility index (Phi) is 37.8. The van der Waals surface area contributed by atoms with Gasteiger partial charge in [0.2, 0.25) is 0 Å². The van der Waals surface area contributed by atoms with Crippen LogP contribution in [0.3, 0.4) is 0 Å². The van der Waals surface area contributed by atoms with Gasteiger partial charge in [-0.3, -0.25) is 4.79 Å². The van der Waals surface area contributed by atoms with Gasteiger partial charge in [0.15, 0.2) is 0 Å². The standard InChI is InChI=1S/C15H28O2.C10H20.C7H14.2C2H6/c1-4-13(2)15(17)12-10-8-6-5-7-9-11-14(3)16;1-2-3-7-10-8-5-4-6-9-10;1-7-5-3-2-4-6-7;2*1-2/h13H,4-12H2,1-3H3;10H,2-9H2,1H3;7H,2-6H2,1H3;2*1-2H3. The molecule has 0 aromatic heterocycles. The first-order valence-electron chi connectivity index (χ1n) is 17.4. The van der Waals surface area contributed by atoms with Crippen molar-refractivity contribution in [3.8, 4) is 0 Å². The van der Waals surface area contributed by atoms with E-state index in [1.165, 1.54) is 96.3 Å².